The van der Waals surface area contributed by atoms with Crippen LogP contribution >= 0.6 is 23.1 Å². The number of hydrogen-bond donors (Lipinski definition) is 1. The summed E-state index contributed by atoms with van der Waals surface area (Å²) in [7, 11) is 1.63. The molecule has 0 aliphatic carbocycles. The van der Waals surface area contributed by atoms with Crippen molar-refractivity contribution in [2.45, 2.75) is 17.5 Å². The molecule has 3 aromatic carbocycles. The van der Waals surface area contributed by atoms with E-state index in [4.69, 9.17) is 4.74 Å². The maximum atomic E-state index is 13.5. The monoisotopic (exact) mass is 488 g/mol. The van der Waals surface area contributed by atoms with Crippen molar-refractivity contribution in [3.63, 3.8) is 0 Å². The highest BCUT2D eigenvalue weighted by atomic mass is 32.2. The molecule has 5 nitrogen and oxygen atoms in total. The van der Waals surface area contributed by atoms with Crippen LogP contribution in [0.4, 0.5) is 5.69 Å². The Hall–Kier alpha value is -3.29. The first kappa shape index (κ1) is 22.5. The summed E-state index contributed by atoms with van der Waals surface area (Å²) in [4.78, 5) is 27.5. The Morgan fingerprint density at radius 3 is 2.50 bits per heavy atom. The van der Waals surface area contributed by atoms with E-state index in [1.807, 2.05) is 89.5 Å². The highest BCUT2D eigenvalue weighted by molar-refractivity contribution is 7.99. The first-order valence-electron chi connectivity index (χ1n) is 11.0. The number of thiazole rings is 1. The quantitative estimate of drug-likeness (QED) is 0.392. The number of hydrogen-bond acceptors (Lipinski definition) is 5. The van der Waals surface area contributed by atoms with Gasteiger partial charge in [-0.2, -0.15) is 0 Å². The summed E-state index contributed by atoms with van der Waals surface area (Å²) >= 11 is 2.84. The van der Waals surface area contributed by atoms with E-state index < -0.39 is 0 Å². The van der Waals surface area contributed by atoms with E-state index in [0.717, 1.165) is 32.5 Å². The molecule has 0 unspecified atom stereocenters. The van der Waals surface area contributed by atoms with Crippen LogP contribution in [0.2, 0.25) is 0 Å². The Labute approximate surface area is 206 Å². The van der Waals surface area contributed by atoms with Crippen LogP contribution < -0.4 is 14.9 Å². The van der Waals surface area contributed by atoms with Crippen molar-refractivity contribution in [3.8, 4) is 5.75 Å². The Kier molecular flexibility index (Phi) is 6.56. The van der Waals surface area contributed by atoms with Crippen molar-refractivity contribution in [1.29, 1.82) is 0 Å². The zero-order chi connectivity index (χ0) is 23.5. The normalized spacial score (nSPS) is 17.1. The van der Waals surface area contributed by atoms with Gasteiger partial charge in [-0.3, -0.25) is 14.2 Å². The fourth-order valence-electron chi connectivity index (χ4n) is 4.31. The van der Waals surface area contributed by atoms with Crippen molar-refractivity contribution in [2.24, 2.45) is 5.92 Å². The lowest BCUT2D eigenvalue weighted by atomic mass is 9.85. The summed E-state index contributed by atoms with van der Waals surface area (Å²) in [5, 5.41) is 4.02. The Morgan fingerprint density at radius 1 is 1.03 bits per heavy atom. The van der Waals surface area contributed by atoms with Gasteiger partial charge in [0.25, 0.3) is 0 Å². The van der Waals surface area contributed by atoms with Crippen LogP contribution in [0.5, 0.6) is 5.75 Å². The lowest BCUT2D eigenvalue weighted by Gasteiger charge is -2.31. The first-order chi connectivity index (χ1) is 16.6. The molecule has 1 N–H and O–H groups in total. The van der Waals surface area contributed by atoms with Crippen LogP contribution in [0.25, 0.3) is 0 Å². The topological polar surface area (TPSA) is 60.3 Å². The number of benzene rings is 3. The zero-order valence-corrected chi connectivity index (χ0v) is 20.3. The Morgan fingerprint density at radius 2 is 1.76 bits per heavy atom. The van der Waals surface area contributed by atoms with E-state index in [2.05, 4.69) is 5.32 Å². The number of carbonyl (C=O) groups is 1. The van der Waals surface area contributed by atoms with Gasteiger partial charge < -0.3 is 10.1 Å². The Balaban J connectivity index is 1.56. The molecule has 0 bridgehead atoms. The van der Waals surface area contributed by atoms with Crippen molar-refractivity contribution in [3.05, 3.63) is 111 Å². The van der Waals surface area contributed by atoms with Crippen LogP contribution in [-0.2, 0) is 11.3 Å². The minimum absolute atomic E-state index is 0.00151. The number of nitrogens with one attached hydrogen (secondary N) is 1. The lowest BCUT2D eigenvalue weighted by Crippen LogP contribution is -2.33. The molecule has 1 aromatic heterocycles. The third-order valence-corrected chi connectivity index (χ3v) is 8.40. The summed E-state index contributed by atoms with van der Waals surface area (Å²) in [5.41, 5.74) is 2.82. The van der Waals surface area contributed by atoms with E-state index in [9.17, 15) is 9.59 Å². The molecule has 0 saturated heterocycles. The summed E-state index contributed by atoms with van der Waals surface area (Å²) < 4.78 is 7.31. The van der Waals surface area contributed by atoms with Crippen LogP contribution in [0.1, 0.15) is 21.9 Å². The summed E-state index contributed by atoms with van der Waals surface area (Å²) in [6, 6.07) is 27.3. The molecule has 1 aliphatic heterocycles. The molecule has 4 aromatic rings. The van der Waals surface area contributed by atoms with E-state index in [1.54, 1.807) is 18.9 Å². The van der Waals surface area contributed by atoms with Gasteiger partial charge in [-0.25, -0.2) is 0 Å². The molecule has 0 spiro atoms. The van der Waals surface area contributed by atoms with Crippen molar-refractivity contribution >= 4 is 34.7 Å². The molecule has 0 fully saturated rings. The van der Waals surface area contributed by atoms with Crippen LogP contribution in [0.15, 0.2) is 94.7 Å². The smallest absolute Gasteiger partial charge is 0.308 e. The molecule has 1 amide bonds. The highest BCUT2D eigenvalue weighted by Crippen LogP contribution is 2.47. The van der Waals surface area contributed by atoms with Gasteiger partial charge >= 0.3 is 4.87 Å². The molecule has 172 valence electrons. The maximum absolute atomic E-state index is 13.5. The highest BCUT2D eigenvalue weighted by Gasteiger charge is 2.39. The molecule has 5 rings (SSSR count). The maximum Gasteiger partial charge on any atom is 0.308 e. The van der Waals surface area contributed by atoms with Crippen LogP contribution in [0, 0.1) is 5.92 Å². The van der Waals surface area contributed by atoms with E-state index in [-0.39, 0.29) is 22.6 Å². The summed E-state index contributed by atoms with van der Waals surface area (Å²) in [5.74, 6) is 0.708. The van der Waals surface area contributed by atoms with Crippen LogP contribution in [0.3, 0.4) is 0 Å². The zero-order valence-electron chi connectivity index (χ0n) is 18.6. The van der Waals surface area contributed by atoms with Gasteiger partial charge in [0, 0.05) is 22.2 Å². The average molecular weight is 489 g/mol. The third kappa shape index (κ3) is 4.54. The fourth-order valence-corrected chi connectivity index (χ4v) is 7.00. The second kappa shape index (κ2) is 9.91. The van der Waals surface area contributed by atoms with E-state index in [1.165, 1.54) is 11.3 Å². The molecule has 7 heteroatoms. The molecule has 34 heavy (non-hydrogen) atoms. The number of anilines is 1. The fraction of sp³-hybridized carbons (Fsp3) is 0.185. The van der Waals surface area contributed by atoms with E-state index >= 15 is 0 Å². The van der Waals surface area contributed by atoms with Gasteiger partial charge in [0.05, 0.1) is 24.6 Å². The van der Waals surface area contributed by atoms with E-state index in [0.29, 0.717) is 12.3 Å². The number of rotatable bonds is 6. The van der Waals surface area contributed by atoms with Gasteiger partial charge in [0.15, 0.2) is 0 Å². The number of amides is 1. The SMILES string of the molecule is COc1cccc([C@@H]2c3sc(=O)n(Cc4ccccc4)c3SC[C@@H]2C(=O)Nc2ccccc2)c1. The molecular formula is C27H24N2O3S2. The second-order valence-corrected chi connectivity index (χ2v) is 10.1. The first-order valence-corrected chi connectivity index (χ1v) is 12.8. The standard InChI is InChI=1S/C27H24N2O3S2/c1-32-21-14-8-11-19(15-21)23-22(25(30)28-20-12-6-3-7-13-20)17-33-26-24(23)34-27(31)29(26)16-18-9-4-2-5-10-18/h2-15,22-23H,16-17H2,1H3,(H,28,30)/t22-,23-/m0/s1. The van der Waals surface area contributed by atoms with Gasteiger partial charge in [0.2, 0.25) is 5.91 Å². The molecule has 2 atom stereocenters. The number of methoxy groups -OCH3 is 1. The second-order valence-electron chi connectivity index (χ2n) is 8.14. The summed E-state index contributed by atoms with van der Waals surface area (Å²) in [6.07, 6.45) is 0. The number of fused-ring (bicyclic) bond motifs is 1. The molecule has 0 saturated carbocycles. The minimum atomic E-state index is -0.326. The number of aromatic nitrogens is 1. The number of nitrogens with zero attached hydrogens (tertiary/aromatic N) is 1. The molecule has 2 heterocycles. The number of carbonyl (C=O) groups excluding carboxylic acids is 1. The average Bonchev–Trinajstić information content (AvgIpc) is 3.19. The predicted octanol–water partition coefficient (Wildman–Crippen LogP) is 5.46. The van der Waals surface area contributed by atoms with Gasteiger partial charge in [-0.15, -0.1) is 11.8 Å². The predicted molar refractivity (Wildman–Crippen MR) is 138 cm³/mol. The number of thioether (sulfide) groups is 1. The molecular weight excluding hydrogens is 464 g/mol. The Bertz CT molecular complexity index is 1350. The third-order valence-electron chi connectivity index (χ3n) is 5.97. The lowest BCUT2D eigenvalue weighted by molar-refractivity contribution is -0.119. The minimum Gasteiger partial charge on any atom is -0.497 e. The van der Waals surface area contributed by atoms with Crippen molar-refractivity contribution in [1.82, 2.24) is 4.57 Å². The van der Waals surface area contributed by atoms with Gasteiger partial charge in [-0.05, 0) is 35.4 Å². The molecule has 0 radical (unpaired) electrons. The van der Waals surface area contributed by atoms with Gasteiger partial charge in [0.1, 0.15) is 5.75 Å². The summed E-state index contributed by atoms with van der Waals surface area (Å²) in [6.45, 7) is 0.518. The van der Waals surface area contributed by atoms with Crippen molar-refractivity contribution in [2.75, 3.05) is 18.2 Å². The van der Waals surface area contributed by atoms with Crippen molar-refractivity contribution < 1.29 is 9.53 Å². The van der Waals surface area contributed by atoms with Gasteiger partial charge in [-0.1, -0.05) is 72.0 Å². The number of ether oxygens (including phenoxy) is 1. The van der Waals surface area contributed by atoms with Crippen LogP contribution in [-0.4, -0.2) is 23.3 Å². The number of para-hydroxylation sites is 1. The molecule has 1 aliphatic rings. The largest absolute Gasteiger partial charge is 0.497 e.